The van der Waals surface area contributed by atoms with E-state index in [2.05, 4.69) is 17.1 Å². The van der Waals surface area contributed by atoms with E-state index in [1.165, 1.54) is 19.3 Å². The van der Waals surface area contributed by atoms with E-state index in [0.717, 1.165) is 23.4 Å². The van der Waals surface area contributed by atoms with Crippen molar-refractivity contribution in [2.75, 3.05) is 0 Å². The molecule has 3 nitrogen and oxygen atoms in total. The number of rotatable bonds is 5. The molecule has 2 aromatic heterocycles. The number of pyridine rings is 1. The minimum absolute atomic E-state index is 0.897. The van der Waals surface area contributed by atoms with Crippen LogP contribution < -0.4 is 0 Å². The fourth-order valence-corrected chi connectivity index (χ4v) is 1.64. The van der Waals surface area contributed by atoms with Crippen LogP contribution in [0.1, 0.15) is 31.9 Å². The summed E-state index contributed by atoms with van der Waals surface area (Å²) >= 11 is 0. The quantitative estimate of drug-likeness (QED) is 0.718. The van der Waals surface area contributed by atoms with Crippen LogP contribution in [-0.4, -0.2) is 10.1 Å². The smallest absolute Gasteiger partial charge is 0.137 e. The van der Waals surface area contributed by atoms with Crippen molar-refractivity contribution in [2.24, 2.45) is 0 Å². The molecular weight excluding hydrogens is 200 g/mol. The number of hydrogen-bond donors (Lipinski definition) is 0. The maximum atomic E-state index is 5.30. The highest BCUT2D eigenvalue weighted by atomic mass is 16.5. The Morgan fingerprint density at radius 3 is 2.75 bits per heavy atom. The zero-order valence-electron chi connectivity index (χ0n) is 9.52. The lowest BCUT2D eigenvalue weighted by Crippen LogP contribution is -1.81. The van der Waals surface area contributed by atoms with Gasteiger partial charge in [0.05, 0.1) is 0 Å². The van der Waals surface area contributed by atoms with Crippen LogP contribution in [0.5, 0.6) is 0 Å². The first-order valence-electron chi connectivity index (χ1n) is 5.76. The molecule has 0 atom stereocenters. The first-order chi connectivity index (χ1) is 7.90. The van der Waals surface area contributed by atoms with Crippen molar-refractivity contribution in [3.8, 4) is 11.3 Å². The first-order valence-corrected chi connectivity index (χ1v) is 5.76. The molecule has 0 aliphatic heterocycles. The Morgan fingerprint density at radius 1 is 1.19 bits per heavy atom. The van der Waals surface area contributed by atoms with Crippen molar-refractivity contribution in [3.63, 3.8) is 0 Å². The van der Waals surface area contributed by atoms with Crippen LogP contribution in [0.2, 0.25) is 0 Å². The Balaban J connectivity index is 2.02. The number of aryl methyl sites for hydroxylation is 1. The minimum atomic E-state index is 0.897. The van der Waals surface area contributed by atoms with E-state index in [4.69, 9.17) is 4.52 Å². The highest BCUT2D eigenvalue weighted by Crippen LogP contribution is 2.19. The third-order valence-corrected chi connectivity index (χ3v) is 2.56. The van der Waals surface area contributed by atoms with E-state index in [1.54, 1.807) is 12.4 Å². The molecule has 0 amide bonds. The lowest BCUT2D eigenvalue weighted by atomic mass is 10.1. The van der Waals surface area contributed by atoms with Crippen LogP contribution in [0.3, 0.4) is 0 Å². The van der Waals surface area contributed by atoms with Crippen LogP contribution in [0.15, 0.2) is 35.1 Å². The Bertz CT molecular complexity index is 423. The largest absolute Gasteiger partial charge is 0.361 e. The van der Waals surface area contributed by atoms with Gasteiger partial charge in [-0.25, -0.2) is 0 Å². The third-order valence-electron chi connectivity index (χ3n) is 2.56. The summed E-state index contributed by atoms with van der Waals surface area (Å²) in [5, 5.41) is 4.06. The number of aromatic nitrogens is 2. The van der Waals surface area contributed by atoms with E-state index in [-0.39, 0.29) is 0 Å². The second-order valence-electron chi connectivity index (χ2n) is 3.87. The highest BCUT2D eigenvalue weighted by Gasteiger charge is 2.05. The predicted molar refractivity (Wildman–Crippen MR) is 63.0 cm³/mol. The van der Waals surface area contributed by atoms with Crippen LogP contribution in [-0.2, 0) is 6.42 Å². The topological polar surface area (TPSA) is 38.9 Å². The van der Waals surface area contributed by atoms with Crippen molar-refractivity contribution in [1.29, 1.82) is 0 Å². The summed E-state index contributed by atoms with van der Waals surface area (Å²) in [4.78, 5) is 3.98. The van der Waals surface area contributed by atoms with Gasteiger partial charge in [0, 0.05) is 30.4 Å². The molecular formula is C13H16N2O. The van der Waals surface area contributed by atoms with E-state index >= 15 is 0 Å². The molecule has 0 unspecified atom stereocenters. The van der Waals surface area contributed by atoms with Gasteiger partial charge in [0.15, 0.2) is 0 Å². The summed E-state index contributed by atoms with van der Waals surface area (Å²) in [7, 11) is 0. The maximum Gasteiger partial charge on any atom is 0.137 e. The van der Waals surface area contributed by atoms with E-state index in [9.17, 15) is 0 Å². The SMILES string of the molecule is CCCCCc1cc(-c2ccncc2)no1. The number of hydrogen-bond acceptors (Lipinski definition) is 3. The number of unbranched alkanes of at least 4 members (excludes halogenated alkanes) is 2. The van der Waals surface area contributed by atoms with Crippen molar-refractivity contribution in [2.45, 2.75) is 32.6 Å². The second-order valence-corrected chi connectivity index (χ2v) is 3.87. The van der Waals surface area contributed by atoms with Crippen molar-refractivity contribution >= 4 is 0 Å². The molecule has 0 spiro atoms. The molecule has 0 N–H and O–H groups in total. The molecule has 2 rings (SSSR count). The highest BCUT2D eigenvalue weighted by molar-refractivity contribution is 5.57. The fourth-order valence-electron chi connectivity index (χ4n) is 1.64. The van der Waals surface area contributed by atoms with Gasteiger partial charge in [-0.05, 0) is 18.6 Å². The normalized spacial score (nSPS) is 10.6. The second kappa shape index (κ2) is 5.45. The van der Waals surface area contributed by atoms with E-state index in [1.807, 2.05) is 18.2 Å². The number of nitrogens with zero attached hydrogens (tertiary/aromatic N) is 2. The lowest BCUT2D eigenvalue weighted by Gasteiger charge is -1.92. The van der Waals surface area contributed by atoms with Crippen molar-refractivity contribution in [3.05, 3.63) is 36.4 Å². The van der Waals surface area contributed by atoms with Gasteiger partial charge in [-0.2, -0.15) is 0 Å². The lowest BCUT2D eigenvalue weighted by molar-refractivity contribution is 0.381. The minimum Gasteiger partial charge on any atom is -0.361 e. The summed E-state index contributed by atoms with van der Waals surface area (Å²) in [6.07, 6.45) is 8.14. The Kier molecular flexibility index (Phi) is 3.70. The van der Waals surface area contributed by atoms with E-state index in [0.29, 0.717) is 0 Å². The van der Waals surface area contributed by atoms with Gasteiger partial charge in [-0.3, -0.25) is 4.98 Å². The zero-order valence-corrected chi connectivity index (χ0v) is 9.52. The molecule has 0 saturated carbocycles. The zero-order chi connectivity index (χ0) is 11.2. The molecule has 0 fully saturated rings. The molecule has 0 saturated heterocycles. The molecule has 84 valence electrons. The fraction of sp³-hybridized carbons (Fsp3) is 0.385. The predicted octanol–water partition coefficient (Wildman–Crippen LogP) is 3.47. The van der Waals surface area contributed by atoms with Gasteiger partial charge < -0.3 is 4.52 Å². The molecule has 0 bridgehead atoms. The molecule has 3 heteroatoms. The van der Waals surface area contributed by atoms with Gasteiger partial charge >= 0.3 is 0 Å². The van der Waals surface area contributed by atoms with Gasteiger partial charge in [0.1, 0.15) is 11.5 Å². The summed E-state index contributed by atoms with van der Waals surface area (Å²) in [6, 6.07) is 5.90. The summed E-state index contributed by atoms with van der Waals surface area (Å²) in [5.41, 5.74) is 1.95. The van der Waals surface area contributed by atoms with Crippen LogP contribution in [0.25, 0.3) is 11.3 Å². The molecule has 2 aromatic rings. The molecule has 0 aromatic carbocycles. The molecule has 0 aliphatic rings. The molecule has 0 radical (unpaired) electrons. The van der Waals surface area contributed by atoms with Crippen LogP contribution in [0.4, 0.5) is 0 Å². The Labute approximate surface area is 95.5 Å². The standard InChI is InChI=1S/C13H16N2O/c1-2-3-4-5-12-10-13(15-16-12)11-6-8-14-9-7-11/h6-10H,2-5H2,1H3. The first kappa shape index (κ1) is 10.9. The third kappa shape index (κ3) is 2.69. The molecule has 16 heavy (non-hydrogen) atoms. The average molecular weight is 216 g/mol. The monoisotopic (exact) mass is 216 g/mol. The summed E-state index contributed by atoms with van der Waals surface area (Å²) in [5.74, 6) is 0.972. The van der Waals surface area contributed by atoms with Gasteiger partial charge in [-0.1, -0.05) is 24.9 Å². The Morgan fingerprint density at radius 2 is 2.00 bits per heavy atom. The van der Waals surface area contributed by atoms with Gasteiger partial charge in [0.2, 0.25) is 0 Å². The van der Waals surface area contributed by atoms with Gasteiger partial charge in [-0.15, -0.1) is 0 Å². The van der Waals surface area contributed by atoms with Crippen molar-refractivity contribution < 1.29 is 4.52 Å². The van der Waals surface area contributed by atoms with Crippen LogP contribution >= 0.6 is 0 Å². The summed E-state index contributed by atoms with van der Waals surface area (Å²) < 4.78 is 5.30. The average Bonchev–Trinajstić information content (AvgIpc) is 2.79. The molecule has 0 aliphatic carbocycles. The maximum absolute atomic E-state index is 5.30. The molecule has 2 heterocycles. The summed E-state index contributed by atoms with van der Waals surface area (Å²) in [6.45, 7) is 2.20. The van der Waals surface area contributed by atoms with Gasteiger partial charge in [0.25, 0.3) is 0 Å². The Hall–Kier alpha value is -1.64. The van der Waals surface area contributed by atoms with Crippen molar-refractivity contribution in [1.82, 2.24) is 10.1 Å². The van der Waals surface area contributed by atoms with E-state index < -0.39 is 0 Å². The van der Waals surface area contributed by atoms with Crippen LogP contribution in [0, 0.1) is 0 Å².